The van der Waals surface area contributed by atoms with Gasteiger partial charge in [-0.2, -0.15) is 0 Å². The number of quaternary nitrogens is 2. The average molecular weight is 255 g/mol. The zero-order chi connectivity index (χ0) is 5.41. The molecule has 0 atom stereocenters. The highest BCUT2D eigenvalue weighted by Crippen LogP contribution is 0.589. The van der Waals surface area contributed by atoms with E-state index in [4.69, 9.17) is 0 Å². The van der Waals surface area contributed by atoms with Gasteiger partial charge in [0.2, 0.25) is 0 Å². The van der Waals surface area contributed by atoms with Gasteiger partial charge in [-0.1, -0.05) is 0 Å². The lowest BCUT2D eigenvalue weighted by molar-refractivity contribution is -0.597. The van der Waals surface area contributed by atoms with Crippen molar-refractivity contribution < 1.29 is 47.0 Å². The molecule has 0 heterocycles. The van der Waals surface area contributed by atoms with Gasteiger partial charge in [-0.15, -0.1) is 0 Å². The Balaban J connectivity index is -0.0000000160. The molecule has 4 heteroatoms. The van der Waals surface area contributed by atoms with Crippen molar-refractivity contribution >= 4 is 0 Å². The van der Waals surface area contributed by atoms with Gasteiger partial charge in [0, 0.05) is 0 Å². The Morgan fingerprint density at radius 2 is 0.750 bits per heavy atom. The molecule has 0 aliphatic carbocycles. The van der Waals surface area contributed by atoms with Gasteiger partial charge >= 0.3 is 0 Å². The first-order valence-corrected chi connectivity index (χ1v) is 2.31. The highest BCUT2D eigenvalue weighted by Gasteiger charge is 1.29. The van der Waals surface area contributed by atoms with Crippen LogP contribution in [0.2, 0.25) is 0 Å². The molecule has 0 unspecified atom stereocenters. The smallest absolute Gasteiger partial charge is 0.0647 e. The van der Waals surface area contributed by atoms with Gasteiger partial charge in [0.25, 0.3) is 0 Å². The van der Waals surface area contributed by atoms with Crippen LogP contribution >= 0.6 is 0 Å². The van der Waals surface area contributed by atoms with E-state index in [-0.39, 0.29) is 36.4 Å². The number of hydrogen-bond donors (Lipinski definition) is 2. The molecule has 0 aromatic heterocycles. The Labute approximate surface area is 75.2 Å². The summed E-state index contributed by atoms with van der Waals surface area (Å²) < 4.78 is 0. The quantitative estimate of drug-likeness (QED) is 0.403. The first kappa shape index (κ1) is 23.1. The van der Waals surface area contributed by atoms with Gasteiger partial charge in [-0.25, -0.2) is 0 Å². The Morgan fingerprint density at radius 1 is 0.750 bits per heavy atom. The third kappa shape index (κ3) is 277. The van der Waals surface area contributed by atoms with Crippen LogP contribution in [0.5, 0.6) is 0 Å². The Kier molecular flexibility index (Phi) is 128. The SMILES string of the molecule is C[NH2+]C.C[NH2+]C.[Cl-].[I-]. The van der Waals surface area contributed by atoms with Gasteiger partial charge < -0.3 is 47.0 Å². The highest BCUT2D eigenvalue weighted by molar-refractivity contribution is 3.35. The van der Waals surface area contributed by atoms with Gasteiger partial charge in [0.05, 0.1) is 28.2 Å². The summed E-state index contributed by atoms with van der Waals surface area (Å²) in [6, 6.07) is 0. The Bertz CT molecular complexity index is 16.0. The van der Waals surface area contributed by atoms with Crippen molar-refractivity contribution in [3.63, 3.8) is 0 Å². The van der Waals surface area contributed by atoms with Gasteiger partial charge in [0.15, 0.2) is 0 Å². The van der Waals surface area contributed by atoms with Crippen molar-refractivity contribution in [2.24, 2.45) is 0 Å². The van der Waals surface area contributed by atoms with Crippen LogP contribution < -0.4 is 47.0 Å². The first-order chi connectivity index (χ1) is 2.83. The normalized spacial score (nSPS) is 4.50. The molecule has 0 spiro atoms. The van der Waals surface area contributed by atoms with Crippen molar-refractivity contribution in [2.45, 2.75) is 0 Å². The number of rotatable bonds is 0. The molecule has 0 aliphatic rings. The molecular weight excluding hydrogens is 238 g/mol. The molecule has 0 aromatic carbocycles. The van der Waals surface area contributed by atoms with Crippen molar-refractivity contribution in [2.75, 3.05) is 28.2 Å². The van der Waals surface area contributed by atoms with Gasteiger partial charge in [-0.05, 0) is 0 Å². The minimum Gasteiger partial charge on any atom is -1.00 e. The maximum atomic E-state index is 2.00. The summed E-state index contributed by atoms with van der Waals surface area (Å²) in [6.07, 6.45) is 0. The number of halogens is 2. The van der Waals surface area contributed by atoms with Crippen LogP contribution in [0.15, 0.2) is 0 Å². The van der Waals surface area contributed by atoms with E-state index in [9.17, 15) is 0 Å². The second kappa shape index (κ2) is 44.2. The molecule has 4 N–H and O–H groups in total. The third-order valence-electron chi connectivity index (χ3n) is 0. The van der Waals surface area contributed by atoms with E-state index < -0.39 is 0 Å². The maximum absolute atomic E-state index is 2.00. The van der Waals surface area contributed by atoms with Crippen LogP contribution in [0.25, 0.3) is 0 Å². The van der Waals surface area contributed by atoms with Crippen molar-refractivity contribution in [1.29, 1.82) is 0 Å². The topological polar surface area (TPSA) is 33.2 Å². The largest absolute Gasteiger partial charge is 1.00 e. The molecule has 0 aliphatic heterocycles. The third-order valence-corrected chi connectivity index (χ3v) is 0. The monoisotopic (exact) mass is 254 g/mol. The zero-order valence-electron chi connectivity index (χ0n) is 5.91. The fourth-order valence-corrected chi connectivity index (χ4v) is 0. The maximum Gasteiger partial charge on any atom is 0.0647 e. The van der Waals surface area contributed by atoms with E-state index >= 15 is 0 Å². The molecule has 0 saturated heterocycles. The van der Waals surface area contributed by atoms with E-state index in [1.165, 1.54) is 0 Å². The summed E-state index contributed by atoms with van der Waals surface area (Å²) in [5.41, 5.74) is 0. The molecule has 0 amide bonds. The Morgan fingerprint density at radius 3 is 0.750 bits per heavy atom. The molecule has 0 aromatic rings. The molecule has 0 fully saturated rings. The predicted molar refractivity (Wildman–Crippen MR) is 27.5 cm³/mol. The highest BCUT2D eigenvalue weighted by atomic mass is 127. The second-order valence-corrected chi connectivity index (χ2v) is 1.15. The fourth-order valence-electron chi connectivity index (χ4n) is 0. The van der Waals surface area contributed by atoms with Crippen LogP contribution in [0.4, 0.5) is 0 Å². The van der Waals surface area contributed by atoms with Crippen LogP contribution in [0.1, 0.15) is 0 Å². The fraction of sp³-hybridized carbons (Fsp3) is 1.00. The molecule has 0 bridgehead atoms. The lowest BCUT2D eigenvalue weighted by atomic mass is 11.3. The van der Waals surface area contributed by atoms with Crippen LogP contribution in [-0.4, -0.2) is 28.2 Å². The van der Waals surface area contributed by atoms with E-state index in [0.717, 1.165) is 0 Å². The van der Waals surface area contributed by atoms with E-state index in [2.05, 4.69) is 0 Å². The van der Waals surface area contributed by atoms with Crippen molar-refractivity contribution in [1.82, 2.24) is 0 Å². The number of hydrogen-bond acceptors (Lipinski definition) is 0. The minimum atomic E-state index is 0. The minimum absolute atomic E-state index is 0. The van der Waals surface area contributed by atoms with Crippen LogP contribution in [0, 0.1) is 0 Å². The summed E-state index contributed by atoms with van der Waals surface area (Å²) in [7, 11) is 8.00. The molecular formula is C4H16ClIN2. The average Bonchev–Trinajstić information content (AvgIpc) is 1.39. The van der Waals surface area contributed by atoms with Gasteiger partial charge in [0.1, 0.15) is 0 Å². The molecule has 0 saturated carbocycles. The second-order valence-electron chi connectivity index (χ2n) is 1.15. The Hall–Kier alpha value is 0.940. The van der Waals surface area contributed by atoms with E-state index in [1.54, 1.807) is 0 Å². The van der Waals surface area contributed by atoms with Crippen LogP contribution in [-0.2, 0) is 0 Å². The van der Waals surface area contributed by atoms with Crippen LogP contribution in [0.3, 0.4) is 0 Å². The molecule has 8 heavy (non-hydrogen) atoms. The van der Waals surface area contributed by atoms with Crippen molar-refractivity contribution in [3.05, 3.63) is 0 Å². The predicted octanol–water partition coefficient (Wildman–Crippen LogP) is -8.37. The summed E-state index contributed by atoms with van der Waals surface area (Å²) >= 11 is 0. The summed E-state index contributed by atoms with van der Waals surface area (Å²) in [4.78, 5) is 0. The first-order valence-electron chi connectivity index (χ1n) is 2.31. The van der Waals surface area contributed by atoms with Crippen molar-refractivity contribution in [3.8, 4) is 0 Å². The molecule has 0 rings (SSSR count). The summed E-state index contributed by atoms with van der Waals surface area (Å²) in [5, 5.41) is 4.00. The standard InChI is InChI=1S/2C2H7N.ClH.HI/c2*1-3-2;;/h2*3H,1-2H3;2*1H. The lowest BCUT2D eigenvalue weighted by Gasteiger charge is -1.57. The van der Waals surface area contributed by atoms with E-state index in [1.807, 2.05) is 38.8 Å². The van der Waals surface area contributed by atoms with Gasteiger partial charge in [-0.3, -0.25) is 0 Å². The zero-order valence-corrected chi connectivity index (χ0v) is 8.82. The number of nitrogens with two attached hydrogens (primary N) is 2. The summed E-state index contributed by atoms with van der Waals surface area (Å²) in [6.45, 7) is 0. The summed E-state index contributed by atoms with van der Waals surface area (Å²) in [5.74, 6) is 0. The van der Waals surface area contributed by atoms with E-state index in [0.29, 0.717) is 0 Å². The lowest BCUT2D eigenvalue weighted by Crippen LogP contribution is -3.00. The molecule has 0 radical (unpaired) electrons. The molecule has 2 nitrogen and oxygen atoms in total. The molecule has 56 valence electrons.